The van der Waals surface area contributed by atoms with E-state index >= 15 is 0 Å². The Balaban J connectivity index is 1.62. The lowest BCUT2D eigenvalue weighted by Crippen LogP contribution is -2.36. The van der Waals surface area contributed by atoms with Gasteiger partial charge >= 0.3 is 0 Å². The summed E-state index contributed by atoms with van der Waals surface area (Å²) in [5.74, 6) is -0.275. The zero-order valence-corrected chi connectivity index (χ0v) is 20.2. The molecule has 1 N–H and O–H groups in total. The third-order valence-electron chi connectivity index (χ3n) is 6.83. The van der Waals surface area contributed by atoms with Crippen molar-refractivity contribution in [1.82, 2.24) is 19.8 Å². The molecule has 3 heterocycles. The first kappa shape index (κ1) is 23.9. The number of nitrogens with zero attached hydrogens (tertiary/aromatic N) is 3. The molecule has 1 atom stereocenters. The number of carbonyl (C=O) groups excluding carboxylic acids is 1. The molecule has 1 aliphatic rings. The van der Waals surface area contributed by atoms with Gasteiger partial charge in [-0.25, -0.2) is 0 Å². The van der Waals surface area contributed by atoms with Crippen LogP contribution in [0.3, 0.4) is 0 Å². The molecule has 1 unspecified atom stereocenters. The summed E-state index contributed by atoms with van der Waals surface area (Å²) >= 11 is 0. The fraction of sp³-hybridized carbons (Fsp3) is 0.393. The summed E-state index contributed by atoms with van der Waals surface area (Å²) in [6, 6.07) is 18.1. The van der Waals surface area contributed by atoms with Gasteiger partial charge in [-0.05, 0) is 70.3 Å². The molecule has 0 aliphatic carbocycles. The number of carbonyl (C=O) groups is 1. The van der Waals surface area contributed by atoms with Crippen molar-refractivity contribution in [2.75, 3.05) is 20.1 Å². The van der Waals surface area contributed by atoms with E-state index < -0.39 is 0 Å². The highest BCUT2D eigenvalue weighted by molar-refractivity contribution is 5.95. The lowest BCUT2D eigenvalue weighted by molar-refractivity contribution is 0.0947. The number of rotatable bonds is 9. The molecule has 4 rings (SSSR count). The number of likely N-dealkylation sites (tertiary alicyclic amines) is 1. The number of nitrogens with one attached hydrogen (secondary N) is 1. The minimum absolute atomic E-state index is 0.215. The average molecular weight is 459 g/mol. The molecular formula is C28H34N4O2. The molecule has 1 amide bonds. The molecule has 2 aromatic heterocycles. The zero-order chi connectivity index (χ0) is 23.9. The van der Waals surface area contributed by atoms with Crippen molar-refractivity contribution >= 4 is 5.91 Å². The molecule has 178 valence electrons. The van der Waals surface area contributed by atoms with E-state index in [0.29, 0.717) is 25.6 Å². The van der Waals surface area contributed by atoms with Crippen LogP contribution in [-0.2, 0) is 19.4 Å². The zero-order valence-electron chi connectivity index (χ0n) is 20.2. The summed E-state index contributed by atoms with van der Waals surface area (Å²) < 4.78 is 2.08. The van der Waals surface area contributed by atoms with E-state index in [9.17, 15) is 9.59 Å². The van der Waals surface area contributed by atoms with Gasteiger partial charge in [-0.2, -0.15) is 0 Å². The second kappa shape index (κ2) is 11.3. The number of aromatic nitrogens is 2. The van der Waals surface area contributed by atoms with Gasteiger partial charge in [0.05, 0.1) is 12.2 Å². The number of benzene rings is 1. The van der Waals surface area contributed by atoms with Gasteiger partial charge in [0, 0.05) is 36.2 Å². The molecular weight excluding hydrogens is 424 g/mol. The van der Waals surface area contributed by atoms with E-state index in [1.807, 2.05) is 43.3 Å². The molecule has 1 aliphatic heterocycles. The fourth-order valence-corrected chi connectivity index (χ4v) is 4.90. The minimum atomic E-state index is -0.275. The molecule has 0 saturated carbocycles. The molecule has 1 saturated heterocycles. The highest BCUT2D eigenvalue weighted by atomic mass is 16.2. The van der Waals surface area contributed by atoms with Gasteiger partial charge in [0.25, 0.3) is 5.91 Å². The smallest absolute Gasteiger partial charge is 0.257 e. The Kier molecular flexibility index (Phi) is 7.91. The Morgan fingerprint density at radius 3 is 2.62 bits per heavy atom. The first-order valence-corrected chi connectivity index (χ1v) is 12.2. The maximum Gasteiger partial charge on any atom is 0.257 e. The Bertz CT molecular complexity index is 1160. The maximum absolute atomic E-state index is 13.3. The van der Waals surface area contributed by atoms with E-state index in [1.165, 1.54) is 12.0 Å². The largest absolute Gasteiger partial charge is 0.352 e. The lowest BCUT2D eigenvalue weighted by Gasteiger charge is -2.21. The molecule has 1 fully saturated rings. The van der Waals surface area contributed by atoms with Crippen molar-refractivity contribution in [3.8, 4) is 0 Å². The van der Waals surface area contributed by atoms with Crippen LogP contribution in [0.5, 0.6) is 0 Å². The van der Waals surface area contributed by atoms with Crippen LogP contribution >= 0.6 is 0 Å². The third kappa shape index (κ3) is 5.81. The predicted molar refractivity (Wildman–Crippen MR) is 135 cm³/mol. The van der Waals surface area contributed by atoms with Gasteiger partial charge in [-0.15, -0.1) is 0 Å². The van der Waals surface area contributed by atoms with Gasteiger partial charge in [0.1, 0.15) is 5.56 Å². The molecule has 0 bridgehead atoms. The van der Waals surface area contributed by atoms with Crippen molar-refractivity contribution in [1.29, 1.82) is 0 Å². The fourth-order valence-electron chi connectivity index (χ4n) is 4.90. The SMILES string of the molecule is Cc1cc(=O)c(C(=O)NCCC2CCCN2C)c(CCc2ccccc2)n1Cc1ccccn1. The molecule has 3 aromatic rings. The van der Waals surface area contributed by atoms with Crippen molar-refractivity contribution in [3.05, 3.63) is 99.2 Å². The highest BCUT2D eigenvalue weighted by Crippen LogP contribution is 2.18. The van der Waals surface area contributed by atoms with Crippen LogP contribution < -0.4 is 10.7 Å². The topological polar surface area (TPSA) is 67.2 Å². The molecule has 0 spiro atoms. The Morgan fingerprint density at radius 2 is 1.91 bits per heavy atom. The van der Waals surface area contributed by atoms with E-state index in [2.05, 4.69) is 38.9 Å². The van der Waals surface area contributed by atoms with Gasteiger partial charge in [0.2, 0.25) is 0 Å². The van der Waals surface area contributed by atoms with Crippen molar-refractivity contribution in [2.45, 2.75) is 51.6 Å². The van der Waals surface area contributed by atoms with Crippen LogP contribution in [0, 0.1) is 6.92 Å². The minimum Gasteiger partial charge on any atom is -0.352 e. The second-order valence-electron chi connectivity index (χ2n) is 9.19. The van der Waals surface area contributed by atoms with Crippen molar-refractivity contribution < 1.29 is 4.79 Å². The number of hydrogen-bond donors (Lipinski definition) is 1. The molecule has 6 nitrogen and oxygen atoms in total. The van der Waals surface area contributed by atoms with E-state index in [1.54, 1.807) is 12.3 Å². The monoisotopic (exact) mass is 458 g/mol. The van der Waals surface area contributed by atoms with Crippen LogP contribution in [0.1, 0.15) is 52.3 Å². The lowest BCUT2D eigenvalue weighted by atomic mass is 10.0. The maximum atomic E-state index is 13.3. The Labute approximate surface area is 201 Å². The van der Waals surface area contributed by atoms with Gasteiger partial charge in [0.15, 0.2) is 5.43 Å². The summed E-state index contributed by atoms with van der Waals surface area (Å²) in [5, 5.41) is 3.04. The standard InChI is InChI=1S/C28H34N4O2/c1-21-19-26(33)27(28(34)30-17-15-24-12-8-18-31(24)2)25(14-13-22-9-4-3-5-10-22)32(21)20-23-11-6-7-16-29-23/h3-7,9-11,16,19,24H,8,12-15,17-18,20H2,1-2H3,(H,30,34). The summed E-state index contributed by atoms with van der Waals surface area (Å²) in [7, 11) is 2.14. The molecule has 34 heavy (non-hydrogen) atoms. The number of amides is 1. The van der Waals surface area contributed by atoms with Crippen LogP contribution in [-0.4, -0.2) is 46.5 Å². The van der Waals surface area contributed by atoms with Gasteiger partial charge < -0.3 is 14.8 Å². The predicted octanol–water partition coefficient (Wildman–Crippen LogP) is 3.60. The highest BCUT2D eigenvalue weighted by Gasteiger charge is 2.23. The van der Waals surface area contributed by atoms with Crippen LogP contribution in [0.2, 0.25) is 0 Å². The summed E-state index contributed by atoms with van der Waals surface area (Å²) in [6.45, 7) is 4.12. The Hall–Kier alpha value is -3.25. The number of pyridine rings is 2. The first-order valence-electron chi connectivity index (χ1n) is 12.2. The molecule has 6 heteroatoms. The van der Waals surface area contributed by atoms with E-state index in [0.717, 1.165) is 42.9 Å². The summed E-state index contributed by atoms with van der Waals surface area (Å²) in [6.07, 6.45) is 6.38. The van der Waals surface area contributed by atoms with Gasteiger partial charge in [-0.3, -0.25) is 14.6 Å². The molecule has 1 aromatic carbocycles. The van der Waals surface area contributed by atoms with Crippen LogP contribution in [0.25, 0.3) is 0 Å². The Morgan fingerprint density at radius 1 is 1.12 bits per heavy atom. The van der Waals surface area contributed by atoms with Crippen molar-refractivity contribution in [3.63, 3.8) is 0 Å². The third-order valence-corrected chi connectivity index (χ3v) is 6.83. The van der Waals surface area contributed by atoms with Crippen molar-refractivity contribution in [2.24, 2.45) is 0 Å². The molecule has 0 radical (unpaired) electrons. The van der Waals surface area contributed by atoms with E-state index in [-0.39, 0.29) is 16.9 Å². The number of hydrogen-bond acceptors (Lipinski definition) is 4. The first-order chi connectivity index (χ1) is 16.5. The van der Waals surface area contributed by atoms with Crippen LogP contribution in [0.15, 0.2) is 65.6 Å². The van der Waals surface area contributed by atoms with Crippen LogP contribution in [0.4, 0.5) is 0 Å². The quantitative estimate of drug-likeness (QED) is 0.532. The normalized spacial score (nSPS) is 16.0. The van der Waals surface area contributed by atoms with E-state index in [4.69, 9.17) is 0 Å². The van der Waals surface area contributed by atoms with Gasteiger partial charge in [-0.1, -0.05) is 36.4 Å². The summed E-state index contributed by atoms with van der Waals surface area (Å²) in [4.78, 5) is 33.2. The average Bonchev–Trinajstić information content (AvgIpc) is 3.25. The second-order valence-corrected chi connectivity index (χ2v) is 9.19. The summed E-state index contributed by atoms with van der Waals surface area (Å²) in [5.41, 5.74) is 3.73. The number of aryl methyl sites for hydroxylation is 2.